The molecule has 1 aliphatic carbocycles. The minimum atomic E-state index is 0.324. The van der Waals surface area contributed by atoms with Crippen molar-refractivity contribution in [2.45, 2.75) is 52.1 Å². The minimum Gasteiger partial charge on any atom is -0.329 e. The topological polar surface area (TPSA) is 42.1 Å². The normalized spacial score (nSPS) is 34.1. The zero-order valence-corrected chi connectivity index (χ0v) is 13.0. The van der Waals surface area contributed by atoms with Gasteiger partial charge < -0.3 is 5.73 Å². The summed E-state index contributed by atoms with van der Waals surface area (Å²) >= 11 is 0. The number of aromatic nitrogens is 1. The second kappa shape index (κ2) is 4.81. The van der Waals surface area contributed by atoms with E-state index >= 15 is 0 Å². The van der Waals surface area contributed by atoms with Crippen molar-refractivity contribution in [3.8, 4) is 0 Å². The largest absolute Gasteiger partial charge is 0.329 e. The summed E-state index contributed by atoms with van der Waals surface area (Å²) < 4.78 is 0. The van der Waals surface area contributed by atoms with Gasteiger partial charge in [-0.2, -0.15) is 0 Å². The quantitative estimate of drug-likeness (QED) is 0.920. The summed E-state index contributed by atoms with van der Waals surface area (Å²) in [6.07, 6.45) is 7.76. The molecular weight excluding hydrogens is 246 g/mol. The Morgan fingerprint density at radius 2 is 2.20 bits per heavy atom. The molecule has 1 saturated heterocycles. The summed E-state index contributed by atoms with van der Waals surface area (Å²) in [5.74, 6) is 0. The first kappa shape index (κ1) is 14.0. The predicted octanol–water partition coefficient (Wildman–Crippen LogP) is 2.98. The summed E-state index contributed by atoms with van der Waals surface area (Å²) in [5.41, 5.74) is 8.30. The van der Waals surface area contributed by atoms with Crippen LogP contribution in [-0.2, 0) is 0 Å². The van der Waals surface area contributed by atoms with Crippen molar-refractivity contribution < 1.29 is 0 Å². The standard InChI is InChI=1S/C17H27N3/c1-16(2)7-14-8-17(3,11-16)12-20(14)15(9-18)13-5-4-6-19-10-13/h4-6,10,14-15H,7-9,11-12,18H2,1-3H3. The summed E-state index contributed by atoms with van der Waals surface area (Å²) in [5, 5.41) is 0. The van der Waals surface area contributed by atoms with Gasteiger partial charge in [0.1, 0.15) is 0 Å². The second-order valence-electron chi connectivity index (χ2n) is 7.92. The predicted molar refractivity (Wildman–Crippen MR) is 82.3 cm³/mol. The van der Waals surface area contributed by atoms with Crippen LogP contribution in [0.15, 0.2) is 24.5 Å². The molecular formula is C17H27N3. The van der Waals surface area contributed by atoms with Crippen LogP contribution in [0.1, 0.15) is 51.6 Å². The highest BCUT2D eigenvalue weighted by molar-refractivity contribution is 5.17. The van der Waals surface area contributed by atoms with Crippen molar-refractivity contribution in [1.29, 1.82) is 0 Å². The number of fused-ring (bicyclic) bond motifs is 2. The molecule has 0 spiro atoms. The average Bonchev–Trinajstić information content (AvgIpc) is 2.61. The van der Waals surface area contributed by atoms with Gasteiger partial charge in [0, 0.05) is 37.6 Å². The molecule has 2 bridgehead atoms. The van der Waals surface area contributed by atoms with E-state index in [1.54, 1.807) is 0 Å². The fourth-order valence-corrected chi connectivity index (χ4v) is 4.90. The zero-order valence-electron chi connectivity index (χ0n) is 13.0. The summed E-state index contributed by atoms with van der Waals surface area (Å²) in [6, 6.07) is 5.19. The van der Waals surface area contributed by atoms with Gasteiger partial charge in [0.25, 0.3) is 0 Å². The van der Waals surface area contributed by atoms with Crippen LogP contribution >= 0.6 is 0 Å². The third-order valence-corrected chi connectivity index (χ3v) is 5.15. The van der Waals surface area contributed by atoms with E-state index in [1.165, 1.54) is 31.4 Å². The number of likely N-dealkylation sites (tertiary alicyclic amines) is 1. The molecule has 0 radical (unpaired) electrons. The van der Waals surface area contributed by atoms with Gasteiger partial charge in [-0.25, -0.2) is 0 Å². The lowest BCUT2D eigenvalue weighted by Crippen LogP contribution is -2.39. The number of hydrogen-bond donors (Lipinski definition) is 1. The van der Waals surface area contributed by atoms with Crippen molar-refractivity contribution >= 4 is 0 Å². The lowest BCUT2D eigenvalue weighted by atomic mass is 9.65. The molecule has 3 unspecified atom stereocenters. The highest BCUT2D eigenvalue weighted by Crippen LogP contribution is 2.54. The number of rotatable bonds is 3. The first-order valence-electron chi connectivity index (χ1n) is 7.78. The van der Waals surface area contributed by atoms with Gasteiger partial charge in [-0.05, 0) is 41.7 Å². The molecule has 0 aromatic carbocycles. The van der Waals surface area contributed by atoms with E-state index in [9.17, 15) is 0 Å². The Labute approximate surface area is 122 Å². The summed E-state index contributed by atoms with van der Waals surface area (Å²) in [6.45, 7) is 9.15. The third kappa shape index (κ3) is 2.49. The van der Waals surface area contributed by atoms with Gasteiger partial charge in [-0.3, -0.25) is 9.88 Å². The smallest absolute Gasteiger partial charge is 0.0488 e. The molecule has 20 heavy (non-hydrogen) atoms. The second-order valence-corrected chi connectivity index (χ2v) is 7.92. The van der Waals surface area contributed by atoms with Crippen LogP contribution in [0.2, 0.25) is 0 Å². The van der Waals surface area contributed by atoms with Crippen molar-refractivity contribution in [2.75, 3.05) is 13.1 Å². The fraction of sp³-hybridized carbons (Fsp3) is 0.706. The lowest BCUT2D eigenvalue weighted by molar-refractivity contribution is 0.118. The molecule has 1 aliphatic heterocycles. The van der Waals surface area contributed by atoms with Gasteiger partial charge in [-0.15, -0.1) is 0 Å². The molecule has 2 aliphatic rings. The van der Waals surface area contributed by atoms with Crippen LogP contribution in [0.5, 0.6) is 0 Å². The Morgan fingerprint density at radius 1 is 1.40 bits per heavy atom. The van der Waals surface area contributed by atoms with Crippen LogP contribution in [-0.4, -0.2) is 29.0 Å². The fourth-order valence-electron chi connectivity index (χ4n) is 4.90. The molecule has 3 heteroatoms. The molecule has 2 heterocycles. The highest BCUT2D eigenvalue weighted by Gasteiger charge is 2.51. The molecule has 3 rings (SSSR count). The SMILES string of the molecule is CC1(C)CC2CC(C)(CN2C(CN)c2cccnc2)C1. The Hall–Kier alpha value is -0.930. The number of nitrogens with two attached hydrogens (primary N) is 1. The number of hydrogen-bond acceptors (Lipinski definition) is 3. The maximum absolute atomic E-state index is 6.11. The van der Waals surface area contributed by atoms with Crippen LogP contribution in [0.25, 0.3) is 0 Å². The lowest BCUT2D eigenvalue weighted by Gasteiger charge is -2.40. The molecule has 3 atom stereocenters. The summed E-state index contributed by atoms with van der Waals surface area (Å²) in [7, 11) is 0. The van der Waals surface area contributed by atoms with E-state index in [0.29, 0.717) is 29.5 Å². The van der Waals surface area contributed by atoms with E-state index in [0.717, 1.165) is 0 Å². The Bertz CT molecular complexity index is 470. The Morgan fingerprint density at radius 3 is 2.85 bits per heavy atom. The molecule has 3 nitrogen and oxygen atoms in total. The van der Waals surface area contributed by atoms with Crippen molar-refractivity contribution in [3.63, 3.8) is 0 Å². The average molecular weight is 273 g/mol. The van der Waals surface area contributed by atoms with E-state index in [-0.39, 0.29) is 0 Å². The van der Waals surface area contributed by atoms with Gasteiger partial charge in [0.2, 0.25) is 0 Å². The first-order chi connectivity index (χ1) is 9.42. The van der Waals surface area contributed by atoms with Gasteiger partial charge in [0.05, 0.1) is 0 Å². The van der Waals surface area contributed by atoms with Crippen molar-refractivity contribution in [3.05, 3.63) is 30.1 Å². The van der Waals surface area contributed by atoms with Crippen molar-refractivity contribution in [2.24, 2.45) is 16.6 Å². The maximum Gasteiger partial charge on any atom is 0.0488 e. The monoisotopic (exact) mass is 273 g/mol. The number of pyridine rings is 1. The Kier molecular flexibility index (Phi) is 3.38. The van der Waals surface area contributed by atoms with Crippen LogP contribution in [0, 0.1) is 10.8 Å². The van der Waals surface area contributed by atoms with E-state index < -0.39 is 0 Å². The minimum absolute atomic E-state index is 0.324. The van der Waals surface area contributed by atoms with Gasteiger partial charge >= 0.3 is 0 Å². The molecule has 2 fully saturated rings. The molecule has 110 valence electrons. The summed E-state index contributed by atoms with van der Waals surface area (Å²) in [4.78, 5) is 6.93. The first-order valence-corrected chi connectivity index (χ1v) is 7.78. The van der Waals surface area contributed by atoms with E-state index in [1.807, 2.05) is 18.5 Å². The molecule has 1 aromatic heterocycles. The molecule has 1 saturated carbocycles. The molecule has 2 N–H and O–H groups in total. The molecule has 1 aromatic rings. The van der Waals surface area contributed by atoms with Crippen LogP contribution < -0.4 is 5.73 Å². The maximum atomic E-state index is 6.11. The van der Waals surface area contributed by atoms with Gasteiger partial charge in [0.15, 0.2) is 0 Å². The van der Waals surface area contributed by atoms with Gasteiger partial charge in [-0.1, -0.05) is 26.8 Å². The molecule has 0 amide bonds. The Balaban J connectivity index is 1.87. The van der Waals surface area contributed by atoms with Crippen LogP contribution in [0.4, 0.5) is 0 Å². The van der Waals surface area contributed by atoms with Crippen molar-refractivity contribution in [1.82, 2.24) is 9.88 Å². The van der Waals surface area contributed by atoms with E-state index in [4.69, 9.17) is 5.73 Å². The third-order valence-electron chi connectivity index (χ3n) is 5.15. The van der Waals surface area contributed by atoms with Crippen LogP contribution in [0.3, 0.4) is 0 Å². The van der Waals surface area contributed by atoms with E-state index in [2.05, 4.69) is 36.7 Å². The zero-order chi connectivity index (χ0) is 14.4. The highest BCUT2D eigenvalue weighted by atomic mass is 15.2. The number of nitrogens with zero attached hydrogens (tertiary/aromatic N) is 2.